The second-order valence-electron chi connectivity index (χ2n) is 6.79. The number of rotatable bonds is 5. The van der Waals surface area contributed by atoms with Crippen LogP contribution in [0.25, 0.3) is 0 Å². The molecule has 0 fully saturated rings. The summed E-state index contributed by atoms with van der Waals surface area (Å²) in [5, 5.41) is 2.49. The molecule has 1 heterocycles. The molecule has 1 aliphatic heterocycles. The number of hydrogen-bond acceptors (Lipinski definition) is 3. The van der Waals surface area contributed by atoms with Crippen LogP contribution >= 0.6 is 11.6 Å². The Balaban J connectivity index is 1.80. The van der Waals surface area contributed by atoms with Crippen LogP contribution in [0.3, 0.4) is 0 Å². The van der Waals surface area contributed by atoms with E-state index in [0.29, 0.717) is 30.1 Å². The molecule has 0 saturated carbocycles. The summed E-state index contributed by atoms with van der Waals surface area (Å²) in [6, 6.07) is 8.20. The maximum Gasteiger partial charge on any atom is 0.261 e. The smallest absolute Gasteiger partial charge is 0.261 e. The van der Waals surface area contributed by atoms with Gasteiger partial charge in [0.1, 0.15) is 5.82 Å². The molecule has 7 heteroatoms. The second kappa shape index (κ2) is 7.48. The Kier molecular flexibility index (Phi) is 5.28. The lowest BCUT2D eigenvalue weighted by Crippen LogP contribution is -2.31. The molecule has 0 atom stereocenters. The summed E-state index contributed by atoms with van der Waals surface area (Å²) in [4.78, 5) is 38.6. The van der Waals surface area contributed by atoms with E-state index < -0.39 is 17.6 Å². The maximum absolute atomic E-state index is 13.2. The highest BCUT2D eigenvalue weighted by atomic mass is 35.5. The van der Waals surface area contributed by atoms with Gasteiger partial charge in [-0.3, -0.25) is 19.3 Å². The molecule has 140 valence electrons. The average Bonchev–Trinajstić information content (AvgIpc) is 2.86. The quantitative estimate of drug-likeness (QED) is 0.773. The summed E-state index contributed by atoms with van der Waals surface area (Å²) in [5.41, 5.74) is 1.06. The minimum Gasteiger partial charge on any atom is -0.322 e. The fourth-order valence-corrected chi connectivity index (χ4v) is 2.98. The Morgan fingerprint density at radius 3 is 2.48 bits per heavy atom. The van der Waals surface area contributed by atoms with Gasteiger partial charge >= 0.3 is 0 Å². The van der Waals surface area contributed by atoms with E-state index in [1.165, 1.54) is 35.2 Å². The first-order valence-corrected chi connectivity index (χ1v) is 8.92. The van der Waals surface area contributed by atoms with Crippen molar-refractivity contribution in [3.05, 3.63) is 63.9 Å². The number of carbonyl (C=O) groups is 3. The Hall–Kier alpha value is -2.73. The van der Waals surface area contributed by atoms with E-state index in [4.69, 9.17) is 11.6 Å². The van der Waals surface area contributed by atoms with Crippen molar-refractivity contribution in [2.75, 3.05) is 11.9 Å². The number of amides is 3. The molecule has 3 amide bonds. The number of carbonyl (C=O) groups excluding carboxylic acids is 3. The van der Waals surface area contributed by atoms with Crippen molar-refractivity contribution >= 4 is 35.0 Å². The lowest BCUT2D eigenvalue weighted by Gasteiger charge is -2.14. The average molecular weight is 389 g/mol. The number of halogens is 2. The van der Waals surface area contributed by atoms with Crippen LogP contribution in [0.5, 0.6) is 0 Å². The molecule has 0 aliphatic carbocycles. The van der Waals surface area contributed by atoms with Crippen molar-refractivity contribution in [3.8, 4) is 0 Å². The molecule has 5 nitrogen and oxygen atoms in total. The van der Waals surface area contributed by atoms with E-state index in [2.05, 4.69) is 5.32 Å². The van der Waals surface area contributed by atoms with E-state index in [1.54, 1.807) is 0 Å². The van der Waals surface area contributed by atoms with Gasteiger partial charge in [0, 0.05) is 17.8 Å². The minimum atomic E-state index is -0.585. The van der Waals surface area contributed by atoms with Crippen molar-refractivity contribution in [3.63, 3.8) is 0 Å². The molecule has 0 unspecified atom stereocenters. The van der Waals surface area contributed by atoms with Gasteiger partial charge in [-0.05, 0) is 48.7 Å². The maximum atomic E-state index is 13.2. The van der Waals surface area contributed by atoms with Crippen molar-refractivity contribution < 1.29 is 18.8 Å². The molecular weight excluding hydrogens is 371 g/mol. The molecule has 27 heavy (non-hydrogen) atoms. The van der Waals surface area contributed by atoms with Crippen LogP contribution in [-0.2, 0) is 0 Å². The Labute approximate surface area is 161 Å². The number of nitrogens with one attached hydrogen (secondary N) is 1. The number of anilines is 1. The first-order valence-electron chi connectivity index (χ1n) is 8.54. The van der Waals surface area contributed by atoms with Gasteiger partial charge in [0.05, 0.1) is 16.1 Å². The van der Waals surface area contributed by atoms with Gasteiger partial charge in [-0.15, -0.1) is 0 Å². The number of nitrogens with zero attached hydrogens (tertiary/aromatic N) is 1. The van der Waals surface area contributed by atoms with Crippen molar-refractivity contribution in [2.24, 2.45) is 5.92 Å². The van der Waals surface area contributed by atoms with Crippen LogP contribution < -0.4 is 5.32 Å². The number of hydrogen-bond donors (Lipinski definition) is 1. The first kappa shape index (κ1) is 19.0. The Morgan fingerprint density at radius 1 is 1.11 bits per heavy atom. The van der Waals surface area contributed by atoms with Crippen LogP contribution in [-0.4, -0.2) is 29.2 Å². The zero-order valence-corrected chi connectivity index (χ0v) is 15.6. The number of benzene rings is 2. The zero-order chi connectivity index (χ0) is 19.7. The third kappa shape index (κ3) is 3.85. The number of fused-ring (bicyclic) bond motifs is 1. The monoisotopic (exact) mass is 388 g/mol. The van der Waals surface area contributed by atoms with E-state index in [-0.39, 0.29) is 22.1 Å². The molecule has 0 radical (unpaired) electrons. The third-order valence-electron chi connectivity index (χ3n) is 4.34. The zero-order valence-electron chi connectivity index (χ0n) is 14.9. The van der Waals surface area contributed by atoms with Crippen LogP contribution in [0.15, 0.2) is 36.4 Å². The summed E-state index contributed by atoms with van der Waals surface area (Å²) in [5.74, 6) is -1.44. The molecule has 0 aromatic heterocycles. The fourth-order valence-electron chi connectivity index (χ4n) is 2.80. The van der Waals surface area contributed by atoms with Crippen LogP contribution in [0.1, 0.15) is 51.3 Å². The molecule has 2 aromatic carbocycles. The van der Waals surface area contributed by atoms with Gasteiger partial charge in [0.15, 0.2) is 0 Å². The molecule has 3 rings (SSSR count). The molecule has 1 aliphatic rings. The Bertz CT molecular complexity index is 943. The summed E-state index contributed by atoms with van der Waals surface area (Å²) in [6.45, 7) is 4.38. The predicted molar refractivity (Wildman–Crippen MR) is 101 cm³/mol. The highest BCUT2D eigenvalue weighted by Gasteiger charge is 2.35. The first-order chi connectivity index (χ1) is 12.8. The van der Waals surface area contributed by atoms with E-state index in [9.17, 15) is 18.8 Å². The molecule has 2 aromatic rings. The SMILES string of the molecule is CC(C)CCN1C(=O)c2ccc(C(=O)Nc3ccc(F)c(Cl)c3)cc2C1=O. The molecule has 1 N–H and O–H groups in total. The predicted octanol–water partition coefficient (Wildman–Crippen LogP) is 4.37. The van der Waals surface area contributed by atoms with Gasteiger partial charge in [0.25, 0.3) is 17.7 Å². The summed E-state index contributed by atoms with van der Waals surface area (Å²) in [6.07, 6.45) is 0.712. The van der Waals surface area contributed by atoms with Crippen molar-refractivity contribution in [1.82, 2.24) is 4.90 Å². The number of imide groups is 1. The van der Waals surface area contributed by atoms with Crippen molar-refractivity contribution in [1.29, 1.82) is 0 Å². The van der Waals surface area contributed by atoms with E-state index in [1.807, 2.05) is 13.8 Å². The van der Waals surface area contributed by atoms with Gasteiger partial charge in [0.2, 0.25) is 0 Å². The highest BCUT2D eigenvalue weighted by molar-refractivity contribution is 6.31. The van der Waals surface area contributed by atoms with Gasteiger partial charge in [-0.2, -0.15) is 0 Å². The fraction of sp³-hybridized carbons (Fsp3) is 0.250. The molecule has 0 bridgehead atoms. The summed E-state index contributed by atoms with van der Waals surface area (Å²) < 4.78 is 13.2. The lowest BCUT2D eigenvalue weighted by molar-refractivity contribution is 0.0647. The molecular formula is C20H18ClFN2O3. The van der Waals surface area contributed by atoms with Crippen LogP contribution in [0, 0.1) is 11.7 Å². The van der Waals surface area contributed by atoms with Crippen molar-refractivity contribution in [2.45, 2.75) is 20.3 Å². The normalized spacial score (nSPS) is 13.3. The lowest BCUT2D eigenvalue weighted by atomic mass is 10.1. The largest absolute Gasteiger partial charge is 0.322 e. The van der Waals surface area contributed by atoms with E-state index in [0.717, 1.165) is 6.07 Å². The summed E-state index contributed by atoms with van der Waals surface area (Å²) in [7, 11) is 0. The summed E-state index contributed by atoms with van der Waals surface area (Å²) >= 11 is 5.71. The van der Waals surface area contributed by atoms with Gasteiger partial charge in [-0.1, -0.05) is 25.4 Å². The minimum absolute atomic E-state index is 0.108. The van der Waals surface area contributed by atoms with Gasteiger partial charge in [-0.25, -0.2) is 4.39 Å². The van der Waals surface area contributed by atoms with Crippen LogP contribution in [0.4, 0.5) is 10.1 Å². The van der Waals surface area contributed by atoms with E-state index >= 15 is 0 Å². The standard InChI is InChI=1S/C20H18ClFN2O3/c1-11(2)7-8-24-19(26)14-5-3-12(9-15(14)20(24)27)18(25)23-13-4-6-17(22)16(21)10-13/h3-6,9-11H,7-8H2,1-2H3,(H,23,25). The third-order valence-corrected chi connectivity index (χ3v) is 4.63. The topological polar surface area (TPSA) is 66.5 Å². The van der Waals surface area contributed by atoms with Crippen LogP contribution in [0.2, 0.25) is 5.02 Å². The highest BCUT2D eigenvalue weighted by Crippen LogP contribution is 2.26. The second-order valence-corrected chi connectivity index (χ2v) is 7.20. The van der Waals surface area contributed by atoms with Gasteiger partial charge < -0.3 is 5.32 Å². The molecule has 0 saturated heterocycles. The Morgan fingerprint density at radius 2 is 1.81 bits per heavy atom. The molecule has 0 spiro atoms.